The third kappa shape index (κ3) is 1.44. The fraction of sp³-hybridized carbons (Fsp3) is 0. The van der Waals surface area contributed by atoms with Crippen molar-refractivity contribution in [1.82, 2.24) is 0 Å². The Morgan fingerprint density at radius 3 is 2.57 bits per heavy atom. The van der Waals surface area contributed by atoms with Crippen LogP contribution in [0.5, 0.6) is 0 Å². The zero-order valence-corrected chi connectivity index (χ0v) is 8.07. The van der Waals surface area contributed by atoms with Gasteiger partial charge >= 0.3 is 0 Å². The molecule has 1 N–H and O–H groups in total. The van der Waals surface area contributed by atoms with Crippen molar-refractivity contribution < 1.29 is 5.21 Å². The van der Waals surface area contributed by atoms with E-state index in [2.05, 4.69) is 5.16 Å². The third-order valence-corrected chi connectivity index (χ3v) is 2.38. The summed E-state index contributed by atoms with van der Waals surface area (Å²) < 4.78 is 0. The van der Waals surface area contributed by atoms with E-state index in [0.717, 1.165) is 16.3 Å². The highest BCUT2D eigenvalue weighted by molar-refractivity contribution is 6.70. The molecule has 0 atom stereocenters. The highest BCUT2D eigenvalue weighted by Crippen LogP contribution is 2.20. The Morgan fingerprint density at radius 1 is 1.07 bits per heavy atom. The molecule has 0 unspecified atom stereocenters. The molecular weight excluding hydrogens is 198 g/mol. The Balaban J connectivity index is 2.77. The number of rotatable bonds is 1. The summed E-state index contributed by atoms with van der Waals surface area (Å²) in [4.78, 5) is 0. The minimum absolute atomic E-state index is 0.113. The first kappa shape index (κ1) is 9.03. The van der Waals surface area contributed by atoms with E-state index < -0.39 is 0 Å². The standard InChI is InChI=1S/C11H8ClNO/c12-11(13-14)10-7-3-5-8-4-1-2-6-9(8)10/h1-7,14H. The molecule has 0 aliphatic heterocycles. The second kappa shape index (κ2) is 3.68. The van der Waals surface area contributed by atoms with E-state index in [1.54, 1.807) is 0 Å². The second-order valence-corrected chi connectivity index (χ2v) is 3.28. The summed E-state index contributed by atoms with van der Waals surface area (Å²) in [5, 5.41) is 13.8. The minimum Gasteiger partial charge on any atom is -0.410 e. The maximum atomic E-state index is 8.60. The van der Waals surface area contributed by atoms with E-state index in [4.69, 9.17) is 16.8 Å². The maximum Gasteiger partial charge on any atom is 0.175 e. The molecule has 2 aromatic rings. The molecule has 0 bridgehead atoms. The van der Waals surface area contributed by atoms with Crippen LogP contribution in [0.3, 0.4) is 0 Å². The summed E-state index contributed by atoms with van der Waals surface area (Å²) in [6.45, 7) is 0. The van der Waals surface area contributed by atoms with Crippen molar-refractivity contribution >= 4 is 27.5 Å². The Kier molecular flexibility index (Phi) is 2.37. The van der Waals surface area contributed by atoms with Crippen LogP contribution in [0.1, 0.15) is 5.56 Å². The number of fused-ring (bicyclic) bond motifs is 1. The van der Waals surface area contributed by atoms with Crippen molar-refractivity contribution in [1.29, 1.82) is 0 Å². The fourth-order valence-corrected chi connectivity index (χ4v) is 1.62. The van der Waals surface area contributed by atoms with Crippen LogP contribution in [0.15, 0.2) is 47.6 Å². The largest absolute Gasteiger partial charge is 0.410 e. The highest BCUT2D eigenvalue weighted by Gasteiger charge is 2.04. The Bertz CT molecular complexity index is 488. The molecule has 2 rings (SSSR count). The number of hydrogen-bond donors (Lipinski definition) is 1. The van der Waals surface area contributed by atoms with Crippen molar-refractivity contribution in [2.45, 2.75) is 0 Å². The third-order valence-electron chi connectivity index (χ3n) is 2.10. The monoisotopic (exact) mass is 205 g/mol. The van der Waals surface area contributed by atoms with Gasteiger partial charge in [0.15, 0.2) is 5.17 Å². The van der Waals surface area contributed by atoms with E-state index >= 15 is 0 Å². The van der Waals surface area contributed by atoms with Gasteiger partial charge in [-0.2, -0.15) is 0 Å². The van der Waals surface area contributed by atoms with Gasteiger partial charge in [-0.05, 0) is 10.8 Å². The molecule has 70 valence electrons. The first-order valence-electron chi connectivity index (χ1n) is 4.18. The maximum absolute atomic E-state index is 8.60. The topological polar surface area (TPSA) is 32.6 Å². The summed E-state index contributed by atoms with van der Waals surface area (Å²) in [5.74, 6) is 0. The molecular formula is C11H8ClNO. The lowest BCUT2D eigenvalue weighted by atomic mass is 10.1. The van der Waals surface area contributed by atoms with Crippen LogP contribution in [0, 0.1) is 0 Å². The second-order valence-electron chi connectivity index (χ2n) is 2.92. The Hall–Kier alpha value is -1.54. The average molecular weight is 206 g/mol. The van der Waals surface area contributed by atoms with Gasteiger partial charge in [0, 0.05) is 5.56 Å². The molecule has 0 heterocycles. The first-order valence-corrected chi connectivity index (χ1v) is 4.56. The van der Waals surface area contributed by atoms with E-state index in [1.165, 1.54) is 0 Å². The summed E-state index contributed by atoms with van der Waals surface area (Å²) >= 11 is 5.77. The van der Waals surface area contributed by atoms with Crippen LogP contribution in [-0.2, 0) is 0 Å². The lowest BCUT2D eigenvalue weighted by Crippen LogP contribution is -1.92. The Morgan fingerprint density at radius 2 is 1.79 bits per heavy atom. The lowest BCUT2D eigenvalue weighted by Gasteiger charge is -2.02. The molecule has 2 aromatic carbocycles. The SMILES string of the molecule is ON=C(Cl)c1cccc2ccccc12. The number of benzene rings is 2. The molecule has 0 radical (unpaired) electrons. The van der Waals surface area contributed by atoms with Gasteiger partial charge in [-0.1, -0.05) is 59.2 Å². The molecule has 0 aromatic heterocycles. The zero-order valence-electron chi connectivity index (χ0n) is 7.31. The molecule has 0 saturated carbocycles. The van der Waals surface area contributed by atoms with Gasteiger partial charge in [-0.25, -0.2) is 0 Å². The van der Waals surface area contributed by atoms with Gasteiger partial charge in [0.1, 0.15) is 0 Å². The predicted molar refractivity (Wildman–Crippen MR) is 58.1 cm³/mol. The molecule has 14 heavy (non-hydrogen) atoms. The highest BCUT2D eigenvalue weighted by atomic mass is 35.5. The fourth-order valence-electron chi connectivity index (χ4n) is 1.46. The van der Waals surface area contributed by atoms with Gasteiger partial charge in [-0.15, -0.1) is 0 Å². The average Bonchev–Trinajstić information content (AvgIpc) is 2.27. The van der Waals surface area contributed by atoms with Crippen molar-refractivity contribution in [2.24, 2.45) is 5.16 Å². The lowest BCUT2D eigenvalue weighted by molar-refractivity contribution is 0.321. The number of oxime groups is 1. The molecule has 0 aliphatic carbocycles. The Labute approximate surface area is 86.4 Å². The van der Waals surface area contributed by atoms with Gasteiger partial charge in [0.05, 0.1) is 0 Å². The van der Waals surface area contributed by atoms with Gasteiger partial charge < -0.3 is 5.21 Å². The molecule has 3 heteroatoms. The quantitative estimate of drug-likeness (QED) is 0.433. The minimum atomic E-state index is 0.113. The molecule has 0 spiro atoms. The van der Waals surface area contributed by atoms with Gasteiger partial charge in [0.2, 0.25) is 0 Å². The van der Waals surface area contributed by atoms with Crippen molar-refractivity contribution in [3.8, 4) is 0 Å². The van der Waals surface area contributed by atoms with Crippen molar-refractivity contribution in [3.63, 3.8) is 0 Å². The number of nitrogens with zero attached hydrogens (tertiary/aromatic N) is 1. The molecule has 0 amide bonds. The van der Waals surface area contributed by atoms with Crippen molar-refractivity contribution in [3.05, 3.63) is 48.0 Å². The number of hydrogen-bond acceptors (Lipinski definition) is 2. The zero-order chi connectivity index (χ0) is 9.97. The molecule has 2 nitrogen and oxygen atoms in total. The smallest absolute Gasteiger partial charge is 0.175 e. The van der Waals surface area contributed by atoms with E-state index in [-0.39, 0.29) is 5.17 Å². The van der Waals surface area contributed by atoms with Crippen LogP contribution in [-0.4, -0.2) is 10.4 Å². The summed E-state index contributed by atoms with van der Waals surface area (Å²) in [7, 11) is 0. The predicted octanol–water partition coefficient (Wildman–Crippen LogP) is 3.21. The van der Waals surface area contributed by atoms with Gasteiger partial charge in [0.25, 0.3) is 0 Å². The van der Waals surface area contributed by atoms with E-state index in [1.807, 2.05) is 42.5 Å². The van der Waals surface area contributed by atoms with Crippen LogP contribution in [0.2, 0.25) is 0 Å². The van der Waals surface area contributed by atoms with E-state index in [0.29, 0.717) is 0 Å². The molecule has 0 fully saturated rings. The molecule has 0 aliphatic rings. The summed E-state index contributed by atoms with van der Waals surface area (Å²) in [6.07, 6.45) is 0. The van der Waals surface area contributed by atoms with Crippen LogP contribution in [0.4, 0.5) is 0 Å². The number of halogens is 1. The van der Waals surface area contributed by atoms with Crippen LogP contribution < -0.4 is 0 Å². The van der Waals surface area contributed by atoms with E-state index in [9.17, 15) is 0 Å². The van der Waals surface area contributed by atoms with Crippen LogP contribution >= 0.6 is 11.6 Å². The summed E-state index contributed by atoms with van der Waals surface area (Å²) in [6, 6.07) is 13.5. The summed E-state index contributed by atoms with van der Waals surface area (Å²) in [5.41, 5.74) is 0.743. The first-order chi connectivity index (χ1) is 6.83. The van der Waals surface area contributed by atoms with Crippen molar-refractivity contribution in [2.75, 3.05) is 0 Å². The normalized spacial score (nSPS) is 11.9. The van der Waals surface area contributed by atoms with Gasteiger partial charge in [-0.3, -0.25) is 0 Å². The molecule has 0 saturated heterocycles. The van der Waals surface area contributed by atoms with Crippen LogP contribution in [0.25, 0.3) is 10.8 Å².